The summed E-state index contributed by atoms with van der Waals surface area (Å²) in [6.07, 6.45) is 5.62. The maximum absolute atomic E-state index is 3.84. The molecule has 2 saturated carbocycles. The third-order valence-electron chi connectivity index (χ3n) is 4.13. The average molecular weight is 195 g/mol. The van der Waals surface area contributed by atoms with Gasteiger partial charge < -0.3 is 5.32 Å². The minimum absolute atomic E-state index is 0.587. The lowest BCUT2D eigenvalue weighted by molar-refractivity contribution is 0.233. The highest BCUT2D eigenvalue weighted by atomic mass is 15.0. The van der Waals surface area contributed by atoms with Crippen molar-refractivity contribution in [3.05, 3.63) is 0 Å². The van der Waals surface area contributed by atoms with Crippen molar-refractivity contribution in [1.29, 1.82) is 0 Å². The van der Waals surface area contributed by atoms with E-state index in [0.717, 1.165) is 23.9 Å². The van der Waals surface area contributed by atoms with Crippen LogP contribution in [-0.4, -0.2) is 12.1 Å². The molecule has 82 valence electrons. The molecule has 1 N–H and O–H groups in total. The summed E-state index contributed by atoms with van der Waals surface area (Å²) >= 11 is 0. The molecule has 2 rings (SSSR count). The van der Waals surface area contributed by atoms with Crippen LogP contribution in [0, 0.1) is 17.3 Å². The van der Waals surface area contributed by atoms with Crippen LogP contribution < -0.4 is 5.32 Å². The van der Waals surface area contributed by atoms with Crippen molar-refractivity contribution in [2.45, 2.75) is 65.5 Å². The molecule has 0 amide bonds. The molecule has 2 aliphatic carbocycles. The van der Waals surface area contributed by atoms with Gasteiger partial charge in [-0.1, -0.05) is 27.7 Å². The molecular formula is C13H25N. The zero-order valence-corrected chi connectivity index (χ0v) is 10.1. The standard InChI is InChI=1S/C13H25N/c1-9-5-10(2)7-11(6-9)14-12-8-13(12,3)4/h9-12,14H,5-8H2,1-4H3. The predicted octanol–water partition coefficient (Wildman–Crippen LogP) is 3.20. The van der Waals surface area contributed by atoms with Gasteiger partial charge in [0, 0.05) is 12.1 Å². The fraction of sp³-hybridized carbons (Fsp3) is 1.00. The quantitative estimate of drug-likeness (QED) is 0.713. The molecule has 2 aliphatic rings. The van der Waals surface area contributed by atoms with Gasteiger partial charge in [0.1, 0.15) is 0 Å². The summed E-state index contributed by atoms with van der Waals surface area (Å²) in [6, 6.07) is 1.62. The largest absolute Gasteiger partial charge is 0.311 e. The van der Waals surface area contributed by atoms with Crippen LogP contribution in [0.2, 0.25) is 0 Å². The van der Waals surface area contributed by atoms with Gasteiger partial charge >= 0.3 is 0 Å². The van der Waals surface area contributed by atoms with Crippen molar-refractivity contribution in [2.75, 3.05) is 0 Å². The summed E-state index contributed by atoms with van der Waals surface area (Å²) in [4.78, 5) is 0. The Kier molecular flexibility index (Phi) is 2.63. The van der Waals surface area contributed by atoms with Crippen LogP contribution >= 0.6 is 0 Å². The Hall–Kier alpha value is -0.0400. The third kappa shape index (κ3) is 2.31. The smallest absolute Gasteiger partial charge is 0.0127 e. The van der Waals surface area contributed by atoms with Gasteiger partial charge in [-0.2, -0.15) is 0 Å². The molecular weight excluding hydrogens is 170 g/mol. The Balaban J connectivity index is 1.81. The van der Waals surface area contributed by atoms with E-state index < -0.39 is 0 Å². The van der Waals surface area contributed by atoms with Crippen molar-refractivity contribution in [3.8, 4) is 0 Å². The summed E-state index contributed by atoms with van der Waals surface area (Å²) in [6.45, 7) is 9.56. The van der Waals surface area contributed by atoms with Gasteiger partial charge in [0.25, 0.3) is 0 Å². The first-order chi connectivity index (χ1) is 6.47. The van der Waals surface area contributed by atoms with Crippen LogP contribution in [-0.2, 0) is 0 Å². The second-order valence-corrected chi connectivity index (χ2v) is 6.53. The van der Waals surface area contributed by atoms with E-state index in [9.17, 15) is 0 Å². The van der Waals surface area contributed by atoms with Gasteiger partial charge in [0.15, 0.2) is 0 Å². The lowest BCUT2D eigenvalue weighted by Gasteiger charge is -2.32. The Labute approximate surface area is 88.7 Å². The molecule has 0 aromatic carbocycles. The van der Waals surface area contributed by atoms with Crippen molar-refractivity contribution in [1.82, 2.24) is 5.32 Å². The first-order valence-electron chi connectivity index (χ1n) is 6.23. The molecule has 0 aromatic heterocycles. The summed E-state index contributed by atoms with van der Waals surface area (Å²) in [5.41, 5.74) is 0.587. The normalized spacial score (nSPS) is 46.3. The third-order valence-corrected chi connectivity index (χ3v) is 4.13. The van der Waals surface area contributed by atoms with Crippen molar-refractivity contribution >= 4 is 0 Å². The molecule has 0 bridgehead atoms. The number of rotatable bonds is 2. The fourth-order valence-corrected chi connectivity index (χ4v) is 3.12. The molecule has 0 spiro atoms. The second-order valence-electron chi connectivity index (χ2n) is 6.53. The van der Waals surface area contributed by atoms with Gasteiger partial charge in [0.2, 0.25) is 0 Å². The molecule has 0 radical (unpaired) electrons. The maximum atomic E-state index is 3.84. The second kappa shape index (κ2) is 3.52. The Morgan fingerprint density at radius 1 is 1.00 bits per heavy atom. The Morgan fingerprint density at radius 2 is 1.50 bits per heavy atom. The van der Waals surface area contributed by atoms with Gasteiger partial charge in [-0.05, 0) is 42.9 Å². The lowest BCUT2D eigenvalue weighted by Crippen LogP contribution is -2.38. The highest BCUT2D eigenvalue weighted by molar-refractivity contribution is 5.03. The van der Waals surface area contributed by atoms with E-state index in [1.54, 1.807) is 0 Å². The molecule has 0 heterocycles. The van der Waals surface area contributed by atoms with Crippen LogP contribution in [0.4, 0.5) is 0 Å². The molecule has 3 unspecified atom stereocenters. The minimum atomic E-state index is 0.587. The van der Waals surface area contributed by atoms with Gasteiger partial charge in [-0.15, -0.1) is 0 Å². The highest BCUT2D eigenvalue weighted by Crippen LogP contribution is 2.45. The molecule has 3 atom stereocenters. The Morgan fingerprint density at radius 3 is 1.93 bits per heavy atom. The monoisotopic (exact) mass is 195 g/mol. The summed E-state index contributed by atoms with van der Waals surface area (Å²) in [5, 5.41) is 3.84. The molecule has 0 aromatic rings. The van der Waals surface area contributed by atoms with E-state index >= 15 is 0 Å². The van der Waals surface area contributed by atoms with E-state index in [0.29, 0.717) is 5.41 Å². The van der Waals surface area contributed by atoms with Crippen LogP contribution in [0.25, 0.3) is 0 Å². The SMILES string of the molecule is CC1CC(C)CC(NC2CC2(C)C)C1. The topological polar surface area (TPSA) is 12.0 Å². The van der Waals surface area contributed by atoms with Gasteiger partial charge in [-0.3, -0.25) is 0 Å². The zero-order chi connectivity index (χ0) is 10.3. The van der Waals surface area contributed by atoms with E-state index in [1.807, 2.05) is 0 Å². The highest BCUT2D eigenvalue weighted by Gasteiger charge is 2.46. The lowest BCUT2D eigenvalue weighted by atomic mass is 9.80. The fourth-order valence-electron chi connectivity index (χ4n) is 3.12. The average Bonchev–Trinajstić information content (AvgIpc) is 2.55. The number of nitrogens with one attached hydrogen (secondary N) is 1. The first-order valence-corrected chi connectivity index (χ1v) is 6.23. The first kappa shape index (κ1) is 10.5. The number of hydrogen-bond donors (Lipinski definition) is 1. The van der Waals surface area contributed by atoms with E-state index in [2.05, 4.69) is 33.0 Å². The molecule has 14 heavy (non-hydrogen) atoms. The van der Waals surface area contributed by atoms with Crippen LogP contribution in [0.3, 0.4) is 0 Å². The maximum Gasteiger partial charge on any atom is 0.0127 e. The van der Waals surface area contributed by atoms with E-state index in [1.165, 1.54) is 25.7 Å². The van der Waals surface area contributed by atoms with Crippen LogP contribution in [0.15, 0.2) is 0 Å². The molecule has 0 aliphatic heterocycles. The Bertz CT molecular complexity index is 199. The van der Waals surface area contributed by atoms with Gasteiger partial charge in [0.05, 0.1) is 0 Å². The summed E-state index contributed by atoms with van der Waals surface area (Å²) < 4.78 is 0. The summed E-state index contributed by atoms with van der Waals surface area (Å²) in [5.74, 6) is 1.86. The van der Waals surface area contributed by atoms with Crippen molar-refractivity contribution in [3.63, 3.8) is 0 Å². The van der Waals surface area contributed by atoms with Gasteiger partial charge in [-0.25, -0.2) is 0 Å². The minimum Gasteiger partial charge on any atom is -0.311 e. The predicted molar refractivity (Wildman–Crippen MR) is 61.3 cm³/mol. The van der Waals surface area contributed by atoms with Crippen LogP contribution in [0.1, 0.15) is 53.4 Å². The van der Waals surface area contributed by atoms with Crippen molar-refractivity contribution in [2.24, 2.45) is 17.3 Å². The molecule has 2 fully saturated rings. The molecule has 0 saturated heterocycles. The summed E-state index contributed by atoms with van der Waals surface area (Å²) in [7, 11) is 0. The van der Waals surface area contributed by atoms with Crippen molar-refractivity contribution < 1.29 is 0 Å². The van der Waals surface area contributed by atoms with E-state index in [4.69, 9.17) is 0 Å². The molecule has 1 heteroatoms. The van der Waals surface area contributed by atoms with E-state index in [-0.39, 0.29) is 0 Å². The number of hydrogen-bond acceptors (Lipinski definition) is 1. The zero-order valence-electron chi connectivity index (χ0n) is 10.1. The molecule has 1 nitrogen and oxygen atoms in total. The van der Waals surface area contributed by atoms with Crippen LogP contribution in [0.5, 0.6) is 0 Å².